The number of hydrogen-bond acceptors (Lipinski definition) is 7. The van der Waals surface area contributed by atoms with E-state index in [0.717, 1.165) is 37.3 Å². The molecule has 3 heterocycles. The number of thiazole rings is 1. The normalized spacial score (nSPS) is 14.8. The lowest BCUT2D eigenvalue weighted by Crippen LogP contribution is -2.44. The van der Waals surface area contributed by atoms with E-state index in [4.69, 9.17) is 4.98 Å². The molecule has 1 atom stereocenters. The molecule has 5 aromatic rings. The van der Waals surface area contributed by atoms with Crippen LogP contribution in [0.2, 0.25) is 0 Å². The number of aryl methyl sites for hydroxylation is 1. The number of carbonyl (C=O) groups excluding carboxylic acids is 1. The first-order valence-corrected chi connectivity index (χ1v) is 14.2. The van der Waals surface area contributed by atoms with Gasteiger partial charge in [0.1, 0.15) is 11.9 Å². The summed E-state index contributed by atoms with van der Waals surface area (Å²) < 4.78 is 1.49. The van der Waals surface area contributed by atoms with Crippen molar-refractivity contribution in [1.29, 1.82) is 0 Å². The third-order valence-electron chi connectivity index (χ3n) is 7.43. The van der Waals surface area contributed by atoms with Crippen molar-refractivity contribution in [3.63, 3.8) is 0 Å². The fourth-order valence-corrected chi connectivity index (χ4v) is 5.77. The van der Waals surface area contributed by atoms with Crippen LogP contribution < -0.4 is 15.8 Å². The lowest BCUT2D eigenvalue weighted by atomic mass is 10.0. The number of nitrogens with one attached hydrogen (secondary N) is 1. The van der Waals surface area contributed by atoms with Gasteiger partial charge < -0.3 is 9.80 Å². The molecule has 8 nitrogen and oxygen atoms in total. The standard InChI is InChI=1S/C31H30N6O2S/c1-21-33-27-13-10-24(22-8-11-25(12-9-22)36-17-15-35(2)16-18-36)20-26(27)30(39)37(21)28(23-6-4-3-5-7-23)29(38)34-31-32-14-19-40-31/h3-14,19-20,28H,15-18H2,1-2H3,(H,32,34,38). The summed E-state index contributed by atoms with van der Waals surface area (Å²) >= 11 is 1.33. The average Bonchev–Trinajstić information content (AvgIpc) is 3.49. The predicted octanol–water partition coefficient (Wildman–Crippen LogP) is 4.81. The van der Waals surface area contributed by atoms with Crippen molar-refractivity contribution in [2.75, 3.05) is 43.4 Å². The summed E-state index contributed by atoms with van der Waals surface area (Å²) in [6, 6.07) is 22.6. The van der Waals surface area contributed by atoms with E-state index < -0.39 is 6.04 Å². The van der Waals surface area contributed by atoms with Crippen molar-refractivity contribution in [1.82, 2.24) is 19.4 Å². The van der Waals surface area contributed by atoms with Crippen LogP contribution >= 0.6 is 11.3 Å². The number of hydrogen-bond donors (Lipinski definition) is 1. The van der Waals surface area contributed by atoms with Gasteiger partial charge in [0.2, 0.25) is 0 Å². The summed E-state index contributed by atoms with van der Waals surface area (Å²) in [5.74, 6) is 0.119. The molecule has 0 bridgehead atoms. The summed E-state index contributed by atoms with van der Waals surface area (Å²) in [7, 11) is 2.15. The Bertz CT molecular complexity index is 1690. The predicted molar refractivity (Wildman–Crippen MR) is 161 cm³/mol. The van der Waals surface area contributed by atoms with Crippen molar-refractivity contribution in [3.8, 4) is 11.1 Å². The molecular formula is C31H30N6O2S. The number of anilines is 2. The highest BCUT2D eigenvalue weighted by Gasteiger charge is 2.27. The van der Waals surface area contributed by atoms with Crippen molar-refractivity contribution in [3.05, 3.63) is 106 Å². The molecule has 0 saturated carbocycles. The summed E-state index contributed by atoms with van der Waals surface area (Å²) in [5.41, 5.74) is 4.18. The molecule has 40 heavy (non-hydrogen) atoms. The highest BCUT2D eigenvalue weighted by atomic mass is 32.1. The lowest BCUT2D eigenvalue weighted by molar-refractivity contribution is -0.118. The van der Waals surface area contributed by atoms with Crippen LogP contribution in [0, 0.1) is 6.92 Å². The molecule has 6 rings (SSSR count). The lowest BCUT2D eigenvalue weighted by Gasteiger charge is -2.34. The molecule has 9 heteroatoms. The van der Waals surface area contributed by atoms with Gasteiger partial charge in [-0.25, -0.2) is 9.97 Å². The molecule has 1 N–H and O–H groups in total. The Kier molecular flexibility index (Phi) is 7.15. The number of fused-ring (bicyclic) bond motifs is 1. The monoisotopic (exact) mass is 550 g/mol. The molecule has 1 amide bonds. The molecule has 1 aliphatic heterocycles. The van der Waals surface area contributed by atoms with Gasteiger partial charge >= 0.3 is 0 Å². The largest absolute Gasteiger partial charge is 0.369 e. The van der Waals surface area contributed by atoms with E-state index in [9.17, 15) is 9.59 Å². The molecule has 1 saturated heterocycles. The van der Waals surface area contributed by atoms with E-state index in [2.05, 4.69) is 51.4 Å². The molecule has 1 unspecified atom stereocenters. The SMILES string of the molecule is Cc1nc2ccc(-c3ccc(N4CCN(C)CC4)cc3)cc2c(=O)n1C(C(=O)Nc1nccs1)c1ccccc1. The van der Waals surface area contributed by atoms with Crippen LogP contribution in [0.1, 0.15) is 17.4 Å². The fourth-order valence-electron chi connectivity index (χ4n) is 5.23. The van der Waals surface area contributed by atoms with Gasteiger partial charge in [-0.3, -0.25) is 19.5 Å². The van der Waals surface area contributed by atoms with Crippen molar-refractivity contribution in [2.24, 2.45) is 0 Å². The number of likely N-dealkylation sites (N-methyl/N-ethyl adjacent to an activating group) is 1. The Morgan fingerprint density at radius 1 is 0.950 bits per heavy atom. The maximum Gasteiger partial charge on any atom is 0.262 e. The van der Waals surface area contributed by atoms with Gasteiger partial charge in [0, 0.05) is 43.4 Å². The van der Waals surface area contributed by atoms with Crippen LogP contribution in [-0.4, -0.2) is 58.6 Å². The smallest absolute Gasteiger partial charge is 0.262 e. The maximum absolute atomic E-state index is 14.1. The molecule has 0 aliphatic carbocycles. The van der Waals surface area contributed by atoms with Crippen molar-refractivity contribution < 1.29 is 4.79 Å². The van der Waals surface area contributed by atoms with Gasteiger partial charge in [-0.15, -0.1) is 11.3 Å². The van der Waals surface area contributed by atoms with Gasteiger partial charge in [-0.2, -0.15) is 0 Å². The second kappa shape index (κ2) is 11.0. The van der Waals surface area contributed by atoms with Crippen molar-refractivity contribution >= 4 is 39.0 Å². The van der Waals surface area contributed by atoms with Crippen LogP contribution in [0.3, 0.4) is 0 Å². The second-order valence-electron chi connectivity index (χ2n) is 10.0. The third kappa shape index (κ3) is 5.13. The number of aromatic nitrogens is 3. The quantitative estimate of drug-likeness (QED) is 0.327. The van der Waals surface area contributed by atoms with Crippen molar-refractivity contribution in [2.45, 2.75) is 13.0 Å². The van der Waals surface area contributed by atoms with E-state index in [1.54, 1.807) is 18.5 Å². The first kappa shape index (κ1) is 25.9. The number of nitrogens with zero attached hydrogens (tertiary/aromatic N) is 5. The first-order valence-electron chi connectivity index (χ1n) is 13.3. The summed E-state index contributed by atoms with van der Waals surface area (Å²) in [4.78, 5) is 41.3. The summed E-state index contributed by atoms with van der Waals surface area (Å²) in [6.07, 6.45) is 1.63. The van der Waals surface area contributed by atoms with Crippen LogP contribution in [0.15, 0.2) is 89.2 Å². The zero-order valence-corrected chi connectivity index (χ0v) is 23.3. The van der Waals surface area contributed by atoms with E-state index in [1.807, 2.05) is 48.5 Å². The molecule has 0 radical (unpaired) electrons. The van der Waals surface area contributed by atoms with Gasteiger partial charge in [-0.1, -0.05) is 48.5 Å². The molecule has 0 spiro atoms. The van der Waals surface area contributed by atoms with Gasteiger partial charge in [0.05, 0.1) is 10.9 Å². The minimum absolute atomic E-state index is 0.262. The van der Waals surface area contributed by atoms with Gasteiger partial charge in [0.25, 0.3) is 11.5 Å². The zero-order valence-electron chi connectivity index (χ0n) is 22.4. The van der Waals surface area contributed by atoms with E-state index in [0.29, 0.717) is 27.4 Å². The first-order chi connectivity index (χ1) is 19.5. The topological polar surface area (TPSA) is 83.4 Å². The molecule has 1 aliphatic rings. The average molecular weight is 551 g/mol. The molecule has 3 aromatic carbocycles. The van der Waals surface area contributed by atoms with Crippen LogP contribution in [-0.2, 0) is 4.79 Å². The number of amides is 1. The van der Waals surface area contributed by atoms with Crippen LogP contribution in [0.25, 0.3) is 22.0 Å². The van der Waals surface area contributed by atoms with Crippen LogP contribution in [0.5, 0.6) is 0 Å². The van der Waals surface area contributed by atoms with Crippen LogP contribution in [0.4, 0.5) is 10.8 Å². The Morgan fingerprint density at radius 2 is 1.68 bits per heavy atom. The van der Waals surface area contributed by atoms with E-state index in [1.165, 1.54) is 21.6 Å². The number of benzene rings is 3. The second-order valence-corrected chi connectivity index (χ2v) is 10.9. The highest BCUT2D eigenvalue weighted by Crippen LogP contribution is 2.27. The maximum atomic E-state index is 14.1. The Labute approximate surface area is 236 Å². The third-order valence-corrected chi connectivity index (χ3v) is 8.12. The number of piperazine rings is 1. The number of carbonyl (C=O) groups is 1. The Hall–Kier alpha value is -4.34. The van der Waals surface area contributed by atoms with Gasteiger partial charge in [-0.05, 0) is 54.9 Å². The summed E-state index contributed by atoms with van der Waals surface area (Å²) in [6.45, 7) is 5.89. The number of rotatable bonds is 6. The minimum Gasteiger partial charge on any atom is -0.369 e. The molecule has 1 fully saturated rings. The Balaban J connectivity index is 1.39. The molecule has 202 valence electrons. The van der Waals surface area contributed by atoms with E-state index in [-0.39, 0.29) is 11.5 Å². The van der Waals surface area contributed by atoms with E-state index >= 15 is 0 Å². The Morgan fingerprint density at radius 3 is 2.38 bits per heavy atom. The van der Waals surface area contributed by atoms with Gasteiger partial charge in [0.15, 0.2) is 5.13 Å². The zero-order chi connectivity index (χ0) is 27.6. The minimum atomic E-state index is -0.902. The molecular weight excluding hydrogens is 520 g/mol. The molecule has 2 aromatic heterocycles. The summed E-state index contributed by atoms with van der Waals surface area (Å²) in [5, 5.41) is 5.61. The highest BCUT2D eigenvalue weighted by molar-refractivity contribution is 7.13. The fraction of sp³-hybridized carbons (Fsp3) is 0.226.